The molecular weight excluding hydrogens is 296 g/mol. The van der Waals surface area contributed by atoms with Crippen molar-refractivity contribution in [1.29, 1.82) is 0 Å². The summed E-state index contributed by atoms with van der Waals surface area (Å²) in [5.74, 6) is 0.433. The lowest BCUT2D eigenvalue weighted by Crippen LogP contribution is -2.53. The molecule has 5 heteroatoms. The summed E-state index contributed by atoms with van der Waals surface area (Å²) < 4.78 is 24.3. The van der Waals surface area contributed by atoms with Crippen molar-refractivity contribution in [1.82, 2.24) is 0 Å². The zero-order valence-corrected chi connectivity index (χ0v) is 15.5. The topological polar surface area (TPSA) is 36.9 Å². The number of rotatable bonds is 11. The fraction of sp³-hybridized carbons (Fsp3) is 0.647. The third-order valence-corrected chi connectivity index (χ3v) is 6.27. The number of ether oxygens (including phenoxy) is 1. The molecule has 22 heavy (non-hydrogen) atoms. The molecule has 1 aromatic carbocycles. The van der Waals surface area contributed by atoms with Gasteiger partial charge < -0.3 is 18.0 Å². The van der Waals surface area contributed by atoms with Crippen LogP contribution in [0.2, 0.25) is 0 Å². The Bertz CT molecular complexity index is 380. The van der Waals surface area contributed by atoms with Crippen molar-refractivity contribution >= 4 is 8.80 Å². The molecule has 0 aliphatic rings. The van der Waals surface area contributed by atoms with E-state index in [1.807, 2.05) is 51.1 Å². The van der Waals surface area contributed by atoms with Crippen molar-refractivity contribution in [3.8, 4) is 0 Å². The minimum absolute atomic E-state index is 0.295. The van der Waals surface area contributed by atoms with Gasteiger partial charge in [0.2, 0.25) is 0 Å². The Morgan fingerprint density at radius 1 is 0.864 bits per heavy atom. The molecule has 0 heterocycles. The molecule has 0 saturated heterocycles. The van der Waals surface area contributed by atoms with E-state index in [-0.39, 0.29) is 5.73 Å². The molecule has 4 nitrogen and oxygen atoms in total. The van der Waals surface area contributed by atoms with Crippen LogP contribution in [0.15, 0.2) is 30.3 Å². The van der Waals surface area contributed by atoms with Crippen LogP contribution in [0.4, 0.5) is 0 Å². The van der Waals surface area contributed by atoms with Crippen LogP contribution < -0.4 is 0 Å². The molecule has 0 saturated carbocycles. The van der Waals surface area contributed by atoms with E-state index in [4.69, 9.17) is 18.0 Å². The maximum Gasteiger partial charge on any atom is 0.536 e. The fourth-order valence-electron chi connectivity index (χ4n) is 2.27. The van der Waals surface area contributed by atoms with E-state index < -0.39 is 8.80 Å². The lowest BCUT2D eigenvalue weighted by Gasteiger charge is -2.35. The molecule has 126 valence electrons. The Hall–Kier alpha value is -0.723. The van der Waals surface area contributed by atoms with Crippen LogP contribution >= 0.6 is 0 Å². The molecule has 0 amide bonds. The monoisotopic (exact) mass is 326 g/mol. The van der Waals surface area contributed by atoms with E-state index in [1.165, 1.54) is 0 Å². The van der Waals surface area contributed by atoms with Gasteiger partial charge in [0.15, 0.2) is 5.73 Å². The van der Waals surface area contributed by atoms with Crippen molar-refractivity contribution in [2.24, 2.45) is 5.92 Å². The van der Waals surface area contributed by atoms with Crippen molar-refractivity contribution in [3.05, 3.63) is 35.9 Å². The van der Waals surface area contributed by atoms with Gasteiger partial charge in [0.25, 0.3) is 0 Å². The first-order valence-corrected chi connectivity index (χ1v) is 9.98. The normalized spacial score (nSPS) is 13.5. The van der Waals surface area contributed by atoms with Gasteiger partial charge in [0.05, 0.1) is 0 Å². The minimum atomic E-state index is -2.95. The second kappa shape index (κ2) is 10.1. The zero-order chi connectivity index (χ0) is 16.4. The van der Waals surface area contributed by atoms with Crippen LogP contribution in [-0.4, -0.2) is 35.2 Å². The lowest BCUT2D eigenvalue weighted by atomic mass is 10.2. The third kappa shape index (κ3) is 5.48. The first kappa shape index (κ1) is 19.3. The lowest BCUT2D eigenvalue weighted by molar-refractivity contribution is -0.0180. The third-order valence-electron chi connectivity index (χ3n) is 3.06. The number of benzene rings is 1. The first-order valence-electron chi connectivity index (χ1n) is 8.18. The van der Waals surface area contributed by atoms with Crippen LogP contribution in [0, 0.1) is 5.92 Å². The van der Waals surface area contributed by atoms with Gasteiger partial charge in [-0.2, -0.15) is 0 Å². The predicted octanol–water partition coefficient (Wildman–Crippen LogP) is 3.99. The van der Waals surface area contributed by atoms with Crippen LogP contribution in [0.25, 0.3) is 0 Å². The fourth-order valence-corrected chi connectivity index (χ4v) is 5.09. The highest BCUT2D eigenvalue weighted by molar-refractivity contribution is 6.62. The molecular formula is C17H30O4Si. The van der Waals surface area contributed by atoms with Gasteiger partial charge in [0, 0.05) is 26.4 Å². The summed E-state index contributed by atoms with van der Waals surface area (Å²) >= 11 is 0. The second-order valence-electron chi connectivity index (χ2n) is 5.42. The standard InChI is InChI=1S/C17H30O4Si/c1-6-19-22(20-7-2,21-8-3)17(18-14-15(4)5)16-12-10-9-11-13-16/h9-13,15,17H,6-8,14H2,1-5H3. The summed E-state index contributed by atoms with van der Waals surface area (Å²) in [6, 6.07) is 10.1. The summed E-state index contributed by atoms with van der Waals surface area (Å²) in [5.41, 5.74) is 0.751. The van der Waals surface area contributed by atoms with E-state index in [0.717, 1.165) is 5.56 Å². The van der Waals surface area contributed by atoms with Crippen LogP contribution in [-0.2, 0) is 18.0 Å². The molecule has 0 N–H and O–H groups in total. The van der Waals surface area contributed by atoms with E-state index in [1.54, 1.807) is 0 Å². The summed E-state index contributed by atoms with van der Waals surface area (Å²) in [6.07, 6.45) is 0. The Morgan fingerprint density at radius 2 is 1.36 bits per heavy atom. The molecule has 0 bridgehead atoms. The van der Waals surface area contributed by atoms with E-state index >= 15 is 0 Å². The average molecular weight is 327 g/mol. The molecule has 1 atom stereocenters. The molecule has 0 fully saturated rings. The van der Waals surface area contributed by atoms with E-state index in [0.29, 0.717) is 32.3 Å². The van der Waals surface area contributed by atoms with Crippen molar-refractivity contribution in [2.75, 3.05) is 26.4 Å². The summed E-state index contributed by atoms with van der Waals surface area (Å²) in [6.45, 7) is 12.4. The largest absolute Gasteiger partial charge is 0.536 e. The van der Waals surface area contributed by atoms with E-state index in [9.17, 15) is 0 Å². The van der Waals surface area contributed by atoms with Crippen LogP contribution in [0.3, 0.4) is 0 Å². The first-order chi connectivity index (χ1) is 10.6. The Morgan fingerprint density at radius 3 is 1.77 bits per heavy atom. The highest BCUT2D eigenvalue weighted by Crippen LogP contribution is 2.32. The van der Waals surface area contributed by atoms with Crippen molar-refractivity contribution < 1.29 is 18.0 Å². The maximum atomic E-state index is 6.20. The minimum Gasteiger partial charge on any atom is -0.372 e. The van der Waals surface area contributed by atoms with Crippen molar-refractivity contribution in [2.45, 2.75) is 40.3 Å². The van der Waals surface area contributed by atoms with Gasteiger partial charge in [-0.15, -0.1) is 0 Å². The maximum absolute atomic E-state index is 6.20. The Balaban J connectivity index is 3.16. The van der Waals surface area contributed by atoms with Crippen LogP contribution in [0.1, 0.15) is 45.9 Å². The molecule has 0 aromatic heterocycles. The summed E-state index contributed by atoms with van der Waals surface area (Å²) in [5, 5.41) is 0. The van der Waals surface area contributed by atoms with Gasteiger partial charge >= 0.3 is 8.80 Å². The Kier molecular flexibility index (Phi) is 8.90. The molecule has 1 unspecified atom stereocenters. The van der Waals surface area contributed by atoms with Gasteiger partial charge in [-0.3, -0.25) is 0 Å². The molecule has 1 rings (SSSR count). The second-order valence-corrected chi connectivity index (χ2v) is 8.02. The Labute approximate surface area is 136 Å². The molecule has 0 radical (unpaired) electrons. The van der Waals surface area contributed by atoms with Crippen LogP contribution in [0.5, 0.6) is 0 Å². The van der Waals surface area contributed by atoms with E-state index in [2.05, 4.69) is 13.8 Å². The molecule has 0 aliphatic heterocycles. The van der Waals surface area contributed by atoms with Gasteiger partial charge in [0.1, 0.15) is 0 Å². The number of hydrogen-bond donors (Lipinski definition) is 0. The summed E-state index contributed by atoms with van der Waals surface area (Å²) in [7, 11) is -2.95. The zero-order valence-electron chi connectivity index (χ0n) is 14.5. The molecule has 1 aromatic rings. The smallest absolute Gasteiger partial charge is 0.372 e. The average Bonchev–Trinajstić information content (AvgIpc) is 2.49. The highest BCUT2D eigenvalue weighted by Gasteiger charge is 2.51. The van der Waals surface area contributed by atoms with Gasteiger partial charge in [-0.25, -0.2) is 0 Å². The predicted molar refractivity (Wildman–Crippen MR) is 90.6 cm³/mol. The summed E-state index contributed by atoms with van der Waals surface area (Å²) in [4.78, 5) is 0. The van der Waals surface area contributed by atoms with Gasteiger partial charge in [-0.05, 0) is 32.3 Å². The number of hydrogen-bond acceptors (Lipinski definition) is 4. The quantitative estimate of drug-likeness (QED) is 0.576. The molecule has 0 spiro atoms. The SMILES string of the molecule is CCO[Si](OCC)(OCC)C(OCC(C)C)c1ccccc1. The highest BCUT2D eigenvalue weighted by atomic mass is 28.4. The van der Waals surface area contributed by atoms with Crippen molar-refractivity contribution in [3.63, 3.8) is 0 Å². The van der Waals surface area contributed by atoms with Gasteiger partial charge in [-0.1, -0.05) is 44.2 Å². The molecule has 0 aliphatic carbocycles.